The largest absolute Gasteiger partial charge is 0.481 e. The summed E-state index contributed by atoms with van der Waals surface area (Å²) < 4.78 is 1.53. The highest BCUT2D eigenvalue weighted by atomic mass is 16.4. The topological polar surface area (TPSA) is 97.1 Å². The monoisotopic (exact) mass is 328 g/mol. The number of nitrogens with one attached hydrogen (secondary N) is 1. The molecule has 0 aliphatic heterocycles. The smallest absolute Gasteiger partial charge is 0.305 e. The molecule has 7 nitrogen and oxygen atoms in total. The van der Waals surface area contributed by atoms with Crippen molar-refractivity contribution in [2.45, 2.75) is 44.6 Å². The number of rotatable bonds is 5. The van der Waals surface area contributed by atoms with Crippen molar-refractivity contribution < 1.29 is 14.7 Å². The van der Waals surface area contributed by atoms with E-state index in [-0.39, 0.29) is 18.0 Å². The number of hydrogen-bond donors (Lipinski definition) is 2. The number of carbonyl (C=O) groups excluding carboxylic acids is 1. The van der Waals surface area contributed by atoms with Crippen molar-refractivity contribution in [2.75, 3.05) is 0 Å². The molecule has 1 amide bonds. The van der Waals surface area contributed by atoms with E-state index >= 15 is 0 Å². The van der Waals surface area contributed by atoms with Gasteiger partial charge in [0.25, 0.3) is 5.91 Å². The number of hydrogen-bond acceptors (Lipinski definition) is 4. The molecule has 1 aromatic carbocycles. The summed E-state index contributed by atoms with van der Waals surface area (Å²) in [6.45, 7) is 1.99. The second-order valence-corrected chi connectivity index (χ2v) is 6.40. The van der Waals surface area contributed by atoms with Gasteiger partial charge in [0, 0.05) is 0 Å². The lowest BCUT2D eigenvalue weighted by Gasteiger charge is -2.28. The van der Waals surface area contributed by atoms with Crippen molar-refractivity contribution in [1.29, 1.82) is 0 Å². The van der Waals surface area contributed by atoms with Gasteiger partial charge in [0.2, 0.25) is 0 Å². The zero-order valence-electron chi connectivity index (χ0n) is 13.5. The van der Waals surface area contributed by atoms with Gasteiger partial charge in [-0.3, -0.25) is 9.59 Å². The average molecular weight is 328 g/mol. The van der Waals surface area contributed by atoms with Crippen LogP contribution in [0.1, 0.15) is 48.2 Å². The first-order chi connectivity index (χ1) is 11.5. The van der Waals surface area contributed by atoms with E-state index in [2.05, 4.69) is 15.6 Å². The van der Waals surface area contributed by atoms with Gasteiger partial charge in [0.05, 0.1) is 23.8 Å². The van der Waals surface area contributed by atoms with Crippen LogP contribution in [0, 0.1) is 6.92 Å². The van der Waals surface area contributed by atoms with Crippen molar-refractivity contribution in [3.8, 4) is 5.69 Å². The Bertz CT molecular complexity index is 745. The summed E-state index contributed by atoms with van der Waals surface area (Å²) in [7, 11) is 0. The lowest BCUT2D eigenvalue weighted by Crippen LogP contribution is -2.47. The summed E-state index contributed by atoms with van der Waals surface area (Å²) in [6, 6.07) is 7.71. The molecule has 24 heavy (non-hydrogen) atoms. The highest BCUT2D eigenvalue weighted by Crippen LogP contribution is 2.32. The van der Waals surface area contributed by atoms with E-state index in [1.54, 1.807) is 6.20 Å². The first kappa shape index (κ1) is 16.2. The predicted molar refractivity (Wildman–Crippen MR) is 87.0 cm³/mol. The van der Waals surface area contributed by atoms with Crippen molar-refractivity contribution >= 4 is 11.9 Å². The van der Waals surface area contributed by atoms with Gasteiger partial charge in [-0.15, -0.1) is 5.10 Å². The van der Waals surface area contributed by atoms with E-state index in [1.807, 2.05) is 31.2 Å². The number of nitrogens with zero attached hydrogens (tertiary/aromatic N) is 3. The van der Waals surface area contributed by atoms with Crippen LogP contribution in [0.5, 0.6) is 0 Å². The number of aryl methyl sites for hydroxylation is 1. The molecule has 0 unspecified atom stereocenters. The number of carboxylic acid groups (broad SMARTS) is 1. The SMILES string of the molecule is Cc1ccc(-n2cc(C(=O)NC3(CC(=O)O)CCCC3)nn2)cc1. The zero-order valence-corrected chi connectivity index (χ0v) is 13.5. The molecule has 7 heteroatoms. The first-order valence-electron chi connectivity index (χ1n) is 8.01. The summed E-state index contributed by atoms with van der Waals surface area (Å²) in [4.78, 5) is 23.6. The zero-order chi connectivity index (χ0) is 17.2. The van der Waals surface area contributed by atoms with Gasteiger partial charge in [-0.1, -0.05) is 35.8 Å². The molecule has 3 rings (SSSR count). The van der Waals surface area contributed by atoms with Crippen LogP contribution in [0.3, 0.4) is 0 Å². The Hall–Kier alpha value is -2.70. The average Bonchev–Trinajstić information content (AvgIpc) is 3.17. The van der Waals surface area contributed by atoms with Gasteiger partial charge in [-0.05, 0) is 31.9 Å². The van der Waals surface area contributed by atoms with Crippen LogP contribution < -0.4 is 5.32 Å². The third-order valence-corrected chi connectivity index (χ3v) is 4.45. The Labute approximate surface area is 139 Å². The Morgan fingerprint density at radius 1 is 1.25 bits per heavy atom. The Balaban J connectivity index is 1.75. The molecule has 2 aromatic rings. The Morgan fingerprint density at radius 2 is 1.92 bits per heavy atom. The summed E-state index contributed by atoms with van der Waals surface area (Å²) >= 11 is 0. The molecule has 126 valence electrons. The van der Waals surface area contributed by atoms with Crippen LogP contribution in [-0.2, 0) is 4.79 Å². The fourth-order valence-corrected chi connectivity index (χ4v) is 3.18. The van der Waals surface area contributed by atoms with E-state index < -0.39 is 11.5 Å². The number of carboxylic acids is 1. The van der Waals surface area contributed by atoms with Gasteiger partial charge < -0.3 is 10.4 Å². The molecular weight excluding hydrogens is 308 g/mol. The number of aliphatic carboxylic acids is 1. The van der Waals surface area contributed by atoms with E-state index in [9.17, 15) is 9.59 Å². The van der Waals surface area contributed by atoms with E-state index in [0.29, 0.717) is 12.8 Å². The van der Waals surface area contributed by atoms with Gasteiger partial charge in [0.1, 0.15) is 0 Å². The summed E-state index contributed by atoms with van der Waals surface area (Å²) in [5, 5.41) is 19.9. The van der Waals surface area contributed by atoms with Gasteiger partial charge >= 0.3 is 5.97 Å². The molecule has 0 radical (unpaired) electrons. The summed E-state index contributed by atoms with van der Waals surface area (Å²) in [6.07, 6.45) is 4.69. The van der Waals surface area contributed by atoms with Crippen molar-refractivity contribution in [2.24, 2.45) is 0 Å². The molecule has 1 heterocycles. The minimum absolute atomic E-state index is 0.0646. The van der Waals surface area contributed by atoms with Crippen LogP contribution in [0.15, 0.2) is 30.5 Å². The molecular formula is C17H20N4O3. The van der Waals surface area contributed by atoms with Gasteiger partial charge in [-0.2, -0.15) is 0 Å². The molecule has 0 spiro atoms. The van der Waals surface area contributed by atoms with Crippen LogP contribution in [0.25, 0.3) is 5.69 Å². The molecule has 1 aliphatic carbocycles. The number of aromatic nitrogens is 3. The van der Waals surface area contributed by atoms with E-state index in [0.717, 1.165) is 24.1 Å². The van der Waals surface area contributed by atoms with E-state index in [4.69, 9.17) is 5.11 Å². The van der Waals surface area contributed by atoms with Gasteiger partial charge in [-0.25, -0.2) is 4.68 Å². The van der Waals surface area contributed by atoms with Crippen molar-refractivity contribution in [3.05, 3.63) is 41.7 Å². The quantitative estimate of drug-likeness (QED) is 0.876. The molecule has 2 N–H and O–H groups in total. The molecule has 1 aliphatic rings. The molecule has 0 atom stereocenters. The summed E-state index contributed by atoms with van der Waals surface area (Å²) in [5.74, 6) is -1.28. The van der Waals surface area contributed by atoms with Crippen molar-refractivity contribution in [3.63, 3.8) is 0 Å². The molecule has 1 aromatic heterocycles. The first-order valence-corrected chi connectivity index (χ1v) is 8.01. The Kier molecular flexibility index (Phi) is 4.33. The molecule has 0 bridgehead atoms. The molecule has 1 fully saturated rings. The number of carbonyl (C=O) groups is 2. The normalized spacial score (nSPS) is 16.0. The van der Waals surface area contributed by atoms with E-state index in [1.165, 1.54) is 4.68 Å². The van der Waals surface area contributed by atoms with Crippen LogP contribution >= 0.6 is 0 Å². The maximum atomic E-state index is 12.5. The van der Waals surface area contributed by atoms with Crippen LogP contribution in [0.4, 0.5) is 0 Å². The summed E-state index contributed by atoms with van der Waals surface area (Å²) in [5.41, 5.74) is 1.46. The third-order valence-electron chi connectivity index (χ3n) is 4.45. The fourth-order valence-electron chi connectivity index (χ4n) is 3.18. The molecule has 1 saturated carbocycles. The second-order valence-electron chi connectivity index (χ2n) is 6.40. The molecule has 0 saturated heterocycles. The predicted octanol–water partition coefficient (Wildman–Crippen LogP) is 2.09. The maximum Gasteiger partial charge on any atom is 0.305 e. The maximum absolute atomic E-state index is 12.5. The van der Waals surface area contributed by atoms with Gasteiger partial charge in [0.15, 0.2) is 5.69 Å². The highest BCUT2D eigenvalue weighted by Gasteiger charge is 2.38. The number of amides is 1. The van der Waals surface area contributed by atoms with Crippen LogP contribution in [0.2, 0.25) is 0 Å². The number of benzene rings is 1. The van der Waals surface area contributed by atoms with Crippen LogP contribution in [-0.4, -0.2) is 37.5 Å². The minimum Gasteiger partial charge on any atom is -0.481 e. The minimum atomic E-state index is -0.902. The Morgan fingerprint density at radius 3 is 2.54 bits per heavy atom. The fraction of sp³-hybridized carbons (Fsp3) is 0.412. The van der Waals surface area contributed by atoms with Crippen molar-refractivity contribution in [1.82, 2.24) is 20.3 Å². The highest BCUT2D eigenvalue weighted by molar-refractivity contribution is 5.92. The lowest BCUT2D eigenvalue weighted by molar-refractivity contribution is -0.138. The lowest BCUT2D eigenvalue weighted by atomic mass is 9.93. The second kappa shape index (κ2) is 6.43. The third kappa shape index (κ3) is 3.45. The standard InChI is InChI=1S/C17H20N4O3/c1-12-4-6-13(7-5-12)21-11-14(19-20-21)16(24)18-17(10-15(22)23)8-2-3-9-17/h4-7,11H,2-3,8-10H2,1H3,(H,18,24)(H,22,23).